The van der Waals surface area contributed by atoms with Crippen molar-refractivity contribution in [3.63, 3.8) is 0 Å². The lowest BCUT2D eigenvalue weighted by molar-refractivity contribution is -0.129. The van der Waals surface area contributed by atoms with Crippen LogP contribution in [0.25, 0.3) is 0 Å². The molecule has 1 saturated heterocycles. The number of benzene rings is 1. The lowest BCUT2D eigenvalue weighted by Crippen LogP contribution is -2.48. The fourth-order valence-electron chi connectivity index (χ4n) is 2.50. The second-order valence-corrected chi connectivity index (χ2v) is 5.96. The van der Waals surface area contributed by atoms with E-state index in [4.69, 9.17) is 0 Å². The van der Waals surface area contributed by atoms with Gasteiger partial charge in [0.25, 0.3) is 0 Å². The molecule has 1 aromatic carbocycles. The van der Waals surface area contributed by atoms with E-state index in [-0.39, 0.29) is 5.91 Å². The summed E-state index contributed by atoms with van der Waals surface area (Å²) in [6, 6.07) is 6.43. The van der Waals surface area contributed by atoms with Gasteiger partial charge in [-0.3, -0.25) is 4.79 Å². The summed E-state index contributed by atoms with van der Waals surface area (Å²) in [6.07, 6.45) is 0. The molecular formula is C15H22BrN3O. The highest BCUT2D eigenvalue weighted by Crippen LogP contribution is 2.26. The van der Waals surface area contributed by atoms with E-state index < -0.39 is 0 Å². The third kappa shape index (κ3) is 3.73. The van der Waals surface area contributed by atoms with Gasteiger partial charge in [0, 0.05) is 49.8 Å². The van der Waals surface area contributed by atoms with Crippen molar-refractivity contribution < 1.29 is 4.79 Å². The van der Waals surface area contributed by atoms with Crippen molar-refractivity contribution >= 4 is 27.5 Å². The van der Waals surface area contributed by atoms with E-state index in [0.717, 1.165) is 43.7 Å². The zero-order valence-corrected chi connectivity index (χ0v) is 13.7. The molecule has 1 fully saturated rings. The average Bonchev–Trinajstić information content (AvgIpc) is 2.46. The molecule has 0 aliphatic carbocycles. The first kappa shape index (κ1) is 15.3. The second kappa shape index (κ2) is 7.09. The predicted octanol–water partition coefficient (Wildman–Crippen LogP) is 2.23. The van der Waals surface area contributed by atoms with E-state index in [1.807, 2.05) is 4.90 Å². The van der Waals surface area contributed by atoms with Crippen molar-refractivity contribution in [1.29, 1.82) is 0 Å². The first-order valence-electron chi connectivity index (χ1n) is 7.11. The molecule has 0 radical (unpaired) electrons. The van der Waals surface area contributed by atoms with Gasteiger partial charge in [-0.1, -0.05) is 28.9 Å². The van der Waals surface area contributed by atoms with Crippen LogP contribution in [0.3, 0.4) is 0 Å². The maximum Gasteiger partial charge on any atom is 0.219 e. The summed E-state index contributed by atoms with van der Waals surface area (Å²) < 4.78 is 1.10. The van der Waals surface area contributed by atoms with Crippen LogP contribution in [0.5, 0.6) is 0 Å². The zero-order valence-electron chi connectivity index (χ0n) is 12.2. The fraction of sp³-hybridized carbons (Fsp3) is 0.533. The van der Waals surface area contributed by atoms with E-state index in [0.29, 0.717) is 0 Å². The Hall–Kier alpha value is -1.07. The van der Waals surface area contributed by atoms with Gasteiger partial charge in [0.2, 0.25) is 5.91 Å². The van der Waals surface area contributed by atoms with Crippen LogP contribution in [0.15, 0.2) is 22.7 Å². The Morgan fingerprint density at radius 3 is 2.60 bits per heavy atom. The molecule has 4 nitrogen and oxygen atoms in total. The van der Waals surface area contributed by atoms with Crippen LogP contribution in [-0.2, 0) is 11.3 Å². The lowest BCUT2D eigenvalue weighted by Gasteiger charge is -2.36. The summed E-state index contributed by atoms with van der Waals surface area (Å²) in [7, 11) is 0. The number of halogens is 1. The quantitative estimate of drug-likeness (QED) is 0.913. The number of hydrogen-bond donors (Lipinski definition) is 1. The largest absolute Gasteiger partial charge is 0.368 e. The predicted molar refractivity (Wildman–Crippen MR) is 86.0 cm³/mol. The smallest absolute Gasteiger partial charge is 0.219 e. The number of rotatable bonds is 4. The maximum atomic E-state index is 11.4. The van der Waals surface area contributed by atoms with Gasteiger partial charge in [0.1, 0.15) is 0 Å². The first-order chi connectivity index (χ1) is 9.61. The Kier molecular flexibility index (Phi) is 5.43. The van der Waals surface area contributed by atoms with Crippen molar-refractivity contribution in [2.45, 2.75) is 20.4 Å². The normalized spacial score (nSPS) is 15.6. The monoisotopic (exact) mass is 339 g/mol. The molecule has 0 aromatic heterocycles. The van der Waals surface area contributed by atoms with Crippen molar-refractivity contribution in [2.24, 2.45) is 0 Å². The van der Waals surface area contributed by atoms with E-state index in [1.54, 1.807) is 6.92 Å². The molecule has 1 N–H and O–H groups in total. The standard InChI is InChI=1S/C15H22BrN3O/c1-3-17-11-13-4-5-14(16)10-15(13)19-8-6-18(7-9-19)12(2)20/h4-5,10,17H,3,6-9,11H2,1-2H3. The van der Waals surface area contributed by atoms with Gasteiger partial charge < -0.3 is 15.1 Å². The molecule has 1 aromatic rings. The van der Waals surface area contributed by atoms with Crippen LogP contribution >= 0.6 is 15.9 Å². The van der Waals surface area contributed by atoms with E-state index in [2.05, 4.69) is 51.3 Å². The molecule has 1 heterocycles. The molecule has 1 aliphatic heterocycles. The molecule has 1 aliphatic rings. The van der Waals surface area contributed by atoms with Gasteiger partial charge in [-0.15, -0.1) is 0 Å². The van der Waals surface area contributed by atoms with Gasteiger partial charge in [0.15, 0.2) is 0 Å². The zero-order chi connectivity index (χ0) is 14.5. The molecule has 20 heavy (non-hydrogen) atoms. The van der Waals surface area contributed by atoms with Crippen LogP contribution in [0.2, 0.25) is 0 Å². The van der Waals surface area contributed by atoms with Crippen LogP contribution < -0.4 is 10.2 Å². The van der Waals surface area contributed by atoms with Gasteiger partial charge in [-0.05, 0) is 24.2 Å². The summed E-state index contributed by atoms with van der Waals surface area (Å²) in [4.78, 5) is 15.7. The highest BCUT2D eigenvalue weighted by atomic mass is 79.9. The van der Waals surface area contributed by atoms with Crippen LogP contribution in [-0.4, -0.2) is 43.5 Å². The van der Waals surface area contributed by atoms with Crippen LogP contribution in [0, 0.1) is 0 Å². The second-order valence-electron chi connectivity index (χ2n) is 5.05. The molecule has 0 spiro atoms. The minimum Gasteiger partial charge on any atom is -0.368 e. The Bertz CT molecular complexity index is 470. The SMILES string of the molecule is CCNCc1ccc(Br)cc1N1CCN(C(C)=O)CC1. The number of carbonyl (C=O) groups excluding carboxylic acids is 1. The number of carbonyl (C=O) groups is 1. The van der Waals surface area contributed by atoms with Gasteiger partial charge >= 0.3 is 0 Å². The third-order valence-corrected chi connectivity index (χ3v) is 4.17. The molecule has 0 atom stereocenters. The van der Waals surface area contributed by atoms with Crippen molar-refractivity contribution in [3.05, 3.63) is 28.2 Å². The Morgan fingerprint density at radius 1 is 1.30 bits per heavy atom. The van der Waals surface area contributed by atoms with E-state index in [9.17, 15) is 4.79 Å². The summed E-state index contributed by atoms with van der Waals surface area (Å²) >= 11 is 3.55. The molecule has 0 unspecified atom stereocenters. The summed E-state index contributed by atoms with van der Waals surface area (Å²) in [6.45, 7) is 9.02. The Morgan fingerprint density at radius 2 is 2.00 bits per heavy atom. The molecule has 2 rings (SSSR count). The number of nitrogens with zero attached hydrogens (tertiary/aromatic N) is 2. The van der Waals surface area contributed by atoms with Gasteiger partial charge in [-0.2, -0.15) is 0 Å². The highest BCUT2D eigenvalue weighted by Gasteiger charge is 2.20. The topological polar surface area (TPSA) is 35.6 Å². The van der Waals surface area contributed by atoms with Crippen molar-refractivity contribution in [3.8, 4) is 0 Å². The molecule has 110 valence electrons. The maximum absolute atomic E-state index is 11.4. The van der Waals surface area contributed by atoms with Crippen LogP contribution in [0.1, 0.15) is 19.4 Å². The number of hydrogen-bond acceptors (Lipinski definition) is 3. The average molecular weight is 340 g/mol. The minimum absolute atomic E-state index is 0.173. The number of piperazine rings is 1. The van der Waals surface area contributed by atoms with Crippen LogP contribution in [0.4, 0.5) is 5.69 Å². The lowest BCUT2D eigenvalue weighted by atomic mass is 10.1. The Balaban J connectivity index is 2.11. The van der Waals surface area contributed by atoms with E-state index >= 15 is 0 Å². The highest BCUT2D eigenvalue weighted by molar-refractivity contribution is 9.10. The molecule has 0 bridgehead atoms. The van der Waals surface area contributed by atoms with Crippen molar-refractivity contribution in [1.82, 2.24) is 10.2 Å². The van der Waals surface area contributed by atoms with E-state index in [1.165, 1.54) is 11.3 Å². The molecule has 1 amide bonds. The minimum atomic E-state index is 0.173. The summed E-state index contributed by atoms with van der Waals surface area (Å²) in [5.41, 5.74) is 2.58. The van der Waals surface area contributed by atoms with Gasteiger partial charge in [-0.25, -0.2) is 0 Å². The summed E-state index contributed by atoms with van der Waals surface area (Å²) in [5.74, 6) is 0.173. The number of amides is 1. The Labute approximate surface area is 129 Å². The fourth-order valence-corrected chi connectivity index (χ4v) is 2.85. The number of nitrogens with one attached hydrogen (secondary N) is 1. The van der Waals surface area contributed by atoms with Crippen molar-refractivity contribution in [2.75, 3.05) is 37.6 Å². The van der Waals surface area contributed by atoms with Gasteiger partial charge in [0.05, 0.1) is 0 Å². The molecular weight excluding hydrogens is 318 g/mol. The molecule has 5 heteroatoms. The number of anilines is 1. The molecule has 0 saturated carbocycles. The summed E-state index contributed by atoms with van der Waals surface area (Å²) in [5, 5.41) is 3.38. The third-order valence-electron chi connectivity index (χ3n) is 3.68. The first-order valence-corrected chi connectivity index (χ1v) is 7.90.